The monoisotopic (exact) mass is 488 g/mol. The number of aromatic nitrogens is 3. The van der Waals surface area contributed by atoms with Gasteiger partial charge in [-0.15, -0.1) is 24.0 Å². The Bertz CT molecular complexity index is 873. The molecule has 0 aliphatic rings. The standard InChI is InChI=1S/C18H22F2N6.HI/c1-2-21-18(25-12-16-22-9-10-26(16)17(19)20)23-8-7-13-11-24-15-6-4-3-5-14(13)15;/h3-6,9-11,17,24H,2,7-8,12H2,1H3,(H2,21,23,25);1H. The zero-order valence-electron chi connectivity index (χ0n) is 15.0. The van der Waals surface area contributed by atoms with Crippen LogP contribution in [0, 0.1) is 0 Å². The van der Waals surface area contributed by atoms with Crippen molar-refractivity contribution >= 4 is 40.8 Å². The summed E-state index contributed by atoms with van der Waals surface area (Å²) in [6, 6.07) is 8.15. The lowest BCUT2D eigenvalue weighted by molar-refractivity contribution is 0.0671. The van der Waals surface area contributed by atoms with Crippen LogP contribution < -0.4 is 10.6 Å². The van der Waals surface area contributed by atoms with Crippen molar-refractivity contribution < 1.29 is 8.78 Å². The minimum atomic E-state index is -2.61. The molecule has 0 fully saturated rings. The van der Waals surface area contributed by atoms with E-state index in [9.17, 15) is 8.78 Å². The number of aliphatic imine (C=N–C) groups is 1. The molecular formula is C18H23F2IN6. The summed E-state index contributed by atoms with van der Waals surface area (Å²) < 4.78 is 26.5. The average molecular weight is 488 g/mol. The summed E-state index contributed by atoms with van der Waals surface area (Å²) in [5.74, 6) is 0.810. The predicted octanol–water partition coefficient (Wildman–Crippen LogP) is 3.68. The molecule has 0 bridgehead atoms. The van der Waals surface area contributed by atoms with Gasteiger partial charge in [-0.25, -0.2) is 9.98 Å². The quantitative estimate of drug-likeness (QED) is 0.270. The average Bonchev–Trinajstić information content (AvgIpc) is 3.27. The molecule has 1 aromatic carbocycles. The molecule has 0 atom stereocenters. The van der Waals surface area contributed by atoms with Gasteiger partial charge in [-0.3, -0.25) is 4.57 Å². The highest BCUT2D eigenvalue weighted by Crippen LogP contribution is 2.17. The Morgan fingerprint density at radius 2 is 2.11 bits per heavy atom. The highest BCUT2D eigenvalue weighted by molar-refractivity contribution is 14.0. The van der Waals surface area contributed by atoms with E-state index in [-0.39, 0.29) is 36.3 Å². The van der Waals surface area contributed by atoms with Crippen LogP contribution in [-0.2, 0) is 13.0 Å². The van der Waals surface area contributed by atoms with Gasteiger partial charge in [0.05, 0.1) is 0 Å². The van der Waals surface area contributed by atoms with Gasteiger partial charge < -0.3 is 15.6 Å². The second kappa shape index (κ2) is 10.2. The van der Waals surface area contributed by atoms with Gasteiger partial charge in [-0.1, -0.05) is 18.2 Å². The highest BCUT2D eigenvalue weighted by atomic mass is 127. The number of H-pyrrole nitrogens is 1. The second-order valence-electron chi connectivity index (χ2n) is 5.76. The van der Waals surface area contributed by atoms with E-state index in [2.05, 4.69) is 31.7 Å². The minimum absolute atomic E-state index is 0. The number of fused-ring (bicyclic) bond motifs is 1. The third-order valence-corrected chi connectivity index (χ3v) is 4.04. The lowest BCUT2D eigenvalue weighted by atomic mass is 10.1. The number of imidazole rings is 1. The number of para-hydroxylation sites is 1. The van der Waals surface area contributed by atoms with Crippen molar-refractivity contribution in [1.82, 2.24) is 25.2 Å². The first-order valence-electron chi connectivity index (χ1n) is 8.56. The molecule has 27 heavy (non-hydrogen) atoms. The van der Waals surface area contributed by atoms with Gasteiger partial charge in [-0.05, 0) is 25.0 Å². The van der Waals surface area contributed by atoms with E-state index in [1.165, 1.54) is 23.3 Å². The number of hydrogen-bond donors (Lipinski definition) is 3. The number of benzene rings is 1. The molecule has 0 unspecified atom stereocenters. The number of nitrogens with one attached hydrogen (secondary N) is 3. The molecule has 0 spiro atoms. The van der Waals surface area contributed by atoms with E-state index < -0.39 is 6.55 Å². The second-order valence-corrected chi connectivity index (χ2v) is 5.76. The van der Waals surface area contributed by atoms with Crippen LogP contribution in [0.15, 0.2) is 47.8 Å². The summed E-state index contributed by atoms with van der Waals surface area (Å²) in [5.41, 5.74) is 2.33. The molecule has 2 heterocycles. The van der Waals surface area contributed by atoms with E-state index in [4.69, 9.17) is 0 Å². The topological polar surface area (TPSA) is 70.0 Å². The summed E-state index contributed by atoms with van der Waals surface area (Å²) in [7, 11) is 0. The van der Waals surface area contributed by atoms with Crippen molar-refractivity contribution in [2.75, 3.05) is 13.1 Å². The molecule has 0 saturated carbocycles. The van der Waals surface area contributed by atoms with Crippen LogP contribution in [0.25, 0.3) is 10.9 Å². The molecule has 6 nitrogen and oxygen atoms in total. The maximum Gasteiger partial charge on any atom is 0.319 e. The first-order valence-corrected chi connectivity index (χ1v) is 8.56. The zero-order valence-corrected chi connectivity index (χ0v) is 17.3. The first-order chi connectivity index (χ1) is 12.7. The first kappa shape index (κ1) is 21.1. The van der Waals surface area contributed by atoms with Crippen LogP contribution in [0.2, 0.25) is 0 Å². The highest BCUT2D eigenvalue weighted by Gasteiger charge is 2.11. The van der Waals surface area contributed by atoms with Crippen molar-refractivity contribution in [3.8, 4) is 0 Å². The van der Waals surface area contributed by atoms with Gasteiger partial charge >= 0.3 is 6.55 Å². The van der Waals surface area contributed by atoms with Crippen molar-refractivity contribution in [2.24, 2.45) is 4.99 Å². The Hall–Kier alpha value is -2.17. The van der Waals surface area contributed by atoms with Crippen molar-refractivity contribution in [1.29, 1.82) is 0 Å². The molecular weight excluding hydrogens is 465 g/mol. The molecule has 0 amide bonds. The molecule has 9 heteroatoms. The molecule has 0 radical (unpaired) electrons. The maximum atomic E-state index is 12.9. The largest absolute Gasteiger partial charge is 0.361 e. The fraction of sp³-hybridized carbons (Fsp3) is 0.333. The number of halogens is 3. The third-order valence-electron chi connectivity index (χ3n) is 4.04. The Kier molecular flexibility index (Phi) is 8.01. The normalized spacial score (nSPS) is 11.6. The van der Waals surface area contributed by atoms with Crippen LogP contribution in [0.5, 0.6) is 0 Å². The number of hydrogen-bond acceptors (Lipinski definition) is 2. The van der Waals surface area contributed by atoms with Gasteiger partial charge in [0.25, 0.3) is 0 Å². The Balaban J connectivity index is 0.00000261. The molecule has 3 rings (SSSR count). The summed E-state index contributed by atoms with van der Waals surface area (Å²) in [4.78, 5) is 11.5. The molecule has 2 aromatic heterocycles. The van der Waals surface area contributed by atoms with Crippen molar-refractivity contribution in [3.63, 3.8) is 0 Å². The van der Waals surface area contributed by atoms with Gasteiger partial charge in [0, 0.05) is 42.6 Å². The van der Waals surface area contributed by atoms with Gasteiger partial charge in [0.15, 0.2) is 5.96 Å². The summed E-state index contributed by atoms with van der Waals surface area (Å²) in [6.45, 7) is 0.788. The van der Waals surface area contributed by atoms with Crippen molar-refractivity contribution in [2.45, 2.75) is 26.4 Å². The number of rotatable bonds is 7. The Morgan fingerprint density at radius 1 is 1.30 bits per heavy atom. The van der Waals surface area contributed by atoms with Crippen LogP contribution >= 0.6 is 24.0 Å². The summed E-state index contributed by atoms with van der Waals surface area (Å²) >= 11 is 0. The fourth-order valence-electron chi connectivity index (χ4n) is 2.79. The van der Waals surface area contributed by atoms with E-state index in [1.807, 2.05) is 31.3 Å². The molecule has 0 aliphatic carbocycles. The van der Waals surface area contributed by atoms with Crippen LogP contribution in [0.1, 0.15) is 24.9 Å². The van der Waals surface area contributed by atoms with Gasteiger partial charge in [0.2, 0.25) is 0 Å². The molecule has 3 N–H and O–H groups in total. The van der Waals surface area contributed by atoms with Crippen LogP contribution in [0.3, 0.4) is 0 Å². The number of alkyl halides is 2. The predicted molar refractivity (Wildman–Crippen MR) is 114 cm³/mol. The van der Waals surface area contributed by atoms with E-state index >= 15 is 0 Å². The summed E-state index contributed by atoms with van der Waals surface area (Å²) in [5, 5.41) is 7.56. The SMILES string of the molecule is CCNC(=NCc1nccn1C(F)F)NCCc1c[nH]c2ccccc12.I. The number of aromatic amines is 1. The van der Waals surface area contributed by atoms with Crippen LogP contribution in [0.4, 0.5) is 8.78 Å². The lowest BCUT2D eigenvalue weighted by Crippen LogP contribution is -2.38. The maximum absolute atomic E-state index is 12.9. The third kappa shape index (κ3) is 5.41. The molecule has 146 valence electrons. The number of guanidine groups is 1. The number of nitrogens with zero attached hydrogens (tertiary/aromatic N) is 3. The van der Waals surface area contributed by atoms with Gasteiger partial charge in [-0.2, -0.15) is 8.78 Å². The van der Waals surface area contributed by atoms with E-state index in [0.717, 1.165) is 16.5 Å². The zero-order chi connectivity index (χ0) is 18.4. The molecule has 3 aromatic rings. The Morgan fingerprint density at radius 3 is 2.89 bits per heavy atom. The lowest BCUT2D eigenvalue weighted by Gasteiger charge is -2.11. The fourth-order valence-corrected chi connectivity index (χ4v) is 2.79. The summed E-state index contributed by atoms with van der Waals surface area (Å²) in [6.07, 6.45) is 5.44. The van der Waals surface area contributed by atoms with E-state index in [0.29, 0.717) is 19.0 Å². The smallest absolute Gasteiger partial charge is 0.319 e. The van der Waals surface area contributed by atoms with E-state index in [1.54, 1.807) is 0 Å². The molecule has 0 aliphatic heterocycles. The molecule has 0 saturated heterocycles. The van der Waals surface area contributed by atoms with Gasteiger partial charge in [0.1, 0.15) is 12.4 Å². The van der Waals surface area contributed by atoms with Crippen molar-refractivity contribution in [3.05, 3.63) is 54.2 Å². The Labute approximate surface area is 173 Å². The minimum Gasteiger partial charge on any atom is -0.361 e. The van der Waals surface area contributed by atoms with Crippen LogP contribution in [-0.4, -0.2) is 33.6 Å².